The van der Waals surface area contributed by atoms with Crippen molar-refractivity contribution in [1.29, 1.82) is 0 Å². The molecule has 3 aromatic rings. The zero-order valence-corrected chi connectivity index (χ0v) is 13.6. The van der Waals surface area contributed by atoms with Crippen LogP contribution in [0.1, 0.15) is 20.9 Å². The van der Waals surface area contributed by atoms with Crippen LogP contribution in [0.4, 0.5) is 4.39 Å². The van der Waals surface area contributed by atoms with Crippen molar-refractivity contribution in [2.45, 2.75) is 13.5 Å². The third-order valence-electron chi connectivity index (χ3n) is 3.47. The number of halogens is 1. The largest absolute Gasteiger partial charge is 0.488 e. The Morgan fingerprint density at radius 3 is 2.75 bits per heavy atom. The van der Waals surface area contributed by atoms with Gasteiger partial charge >= 0.3 is 5.97 Å². The lowest BCUT2D eigenvalue weighted by atomic mass is 10.1. The average Bonchev–Trinajstić information content (AvgIpc) is 3.00. The number of rotatable bonds is 5. The van der Waals surface area contributed by atoms with E-state index in [0.29, 0.717) is 11.1 Å². The van der Waals surface area contributed by atoms with Crippen molar-refractivity contribution in [3.8, 4) is 17.0 Å². The lowest BCUT2D eigenvalue weighted by Crippen LogP contribution is -2.05. The Hall–Kier alpha value is -2.73. The zero-order valence-electron chi connectivity index (χ0n) is 12.8. The van der Waals surface area contributed by atoms with Crippen molar-refractivity contribution >= 4 is 17.3 Å². The topological polar surface area (TPSA) is 59.4 Å². The van der Waals surface area contributed by atoms with Gasteiger partial charge in [-0.2, -0.15) is 0 Å². The monoisotopic (exact) mass is 343 g/mol. The molecule has 0 aliphatic heterocycles. The fraction of sp³-hybridized carbons (Fsp3) is 0.111. The molecule has 0 fully saturated rings. The van der Waals surface area contributed by atoms with E-state index in [1.165, 1.54) is 23.5 Å². The molecule has 0 atom stereocenters. The minimum absolute atomic E-state index is 0.0227. The van der Waals surface area contributed by atoms with E-state index in [1.807, 2.05) is 12.3 Å². The molecule has 3 rings (SSSR count). The molecule has 2 aromatic carbocycles. The van der Waals surface area contributed by atoms with Crippen LogP contribution in [-0.2, 0) is 6.61 Å². The van der Waals surface area contributed by atoms with Crippen molar-refractivity contribution in [3.63, 3.8) is 0 Å². The predicted octanol–water partition coefficient (Wildman–Crippen LogP) is 4.53. The summed E-state index contributed by atoms with van der Waals surface area (Å²) in [6.45, 7) is 1.85. The van der Waals surface area contributed by atoms with Crippen molar-refractivity contribution in [3.05, 3.63) is 69.8 Å². The van der Waals surface area contributed by atoms with Gasteiger partial charge in [-0.25, -0.2) is 14.2 Å². The predicted molar refractivity (Wildman–Crippen MR) is 90.0 cm³/mol. The Balaban J connectivity index is 1.88. The number of aryl methyl sites for hydroxylation is 1. The maximum absolute atomic E-state index is 13.6. The van der Waals surface area contributed by atoms with Crippen molar-refractivity contribution in [1.82, 2.24) is 4.98 Å². The number of aromatic carboxylic acids is 1. The second-order valence-electron chi connectivity index (χ2n) is 5.15. The van der Waals surface area contributed by atoms with Gasteiger partial charge < -0.3 is 9.84 Å². The molecule has 0 spiro atoms. The minimum atomic E-state index is -1.10. The van der Waals surface area contributed by atoms with Gasteiger partial charge in [0.15, 0.2) is 0 Å². The summed E-state index contributed by atoms with van der Waals surface area (Å²) in [6.07, 6.45) is 0. The number of aromatic nitrogens is 1. The number of carboxylic acid groups (broad SMARTS) is 1. The number of benzene rings is 2. The number of carbonyl (C=O) groups is 1. The van der Waals surface area contributed by atoms with Gasteiger partial charge in [0.2, 0.25) is 0 Å². The van der Waals surface area contributed by atoms with Gasteiger partial charge in [-0.15, -0.1) is 11.3 Å². The smallest absolute Gasteiger partial charge is 0.339 e. The molecule has 4 nitrogen and oxygen atoms in total. The molecule has 0 unspecified atom stereocenters. The first-order chi connectivity index (χ1) is 11.5. The summed E-state index contributed by atoms with van der Waals surface area (Å²) >= 11 is 1.50. The Morgan fingerprint density at radius 2 is 2.08 bits per heavy atom. The van der Waals surface area contributed by atoms with E-state index < -0.39 is 5.97 Å². The van der Waals surface area contributed by atoms with Crippen molar-refractivity contribution in [2.24, 2.45) is 0 Å². The number of nitrogens with zero attached hydrogens (tertiary/aromatic N) is 1. The lowest BCUT2D eigenvalue weighted by Gasteiger charge is -2.11. The van der Waals surface area contributed by atoms with Crippen LogP contribution >= 0.6 is 11.3 Å². The Morgan fingerprint density at radius 1 is 1.29 bits per heavy atom. The van der Waals surface area contributed by atoms with E-state index in [0.717, 1.165) is 10.7 Å². The molecular weight excluding hydrogens is 329 g/mol. The summed E-state index contributed by atoms with van der Waals surface area (Å²) in [5.74, 6) is -1.29. The lowest BCUT2D eigenvalue weighted by molar-refractivity contribution is 0.0692. The molecule has 1 heterocycles. The highest BCUT2D eigenvalue weighted by Crippen LogP contribution is 2.28. The van der Waals surface area contributed by atoms with Crippen molar-refractivity contribution in [2.75, 3.05) is 0 Å². The fourth-order valence-electron chi connectivity index (χ4n) is 2.25. The summed E-state index contributed by atoms with van der Waals surface area (Å²) in [6, 6.07) is 11.1. The van der Waals surface area contributed by atoms with E-state index in [9.17, 15) is 14.3 Å². The van der Waals surface area contributed by atoms with Crippen LogP contribution in [0.15, 0.2) is 47.8 Å². The van der Waals surface area contributed by atoms with E-state index >= 15 is 0 Å². The van der Waals surface area contributed by atoms with Gasteiger partial charge in [0.1, 0.15) is 23.7 Å². The van der Waals surface area contributed by atoms with Gasteiger partial charge in [-0.1, -0.05) is 18.2 Å². The molecule has 1 N–H and O–H groups in total. The van der Waals surface area contributed by atoms with Crippen LogP contribution < -0.4 is 4.74 Å². The quantitative estimate of drug-likeness (QED) is 0.739. The highest BCUT2D eigenvalue weighted by Gasteiger charge is 2.15. The van der Waals surface area contributed by atoms with E-state index in [4.69, 9.17) is 4.74 Å². The van der Waals surface area contributed by atoms with E-state index in [-0.39, 0.29) is 23.7 Å². The van der Waals surface area contributed by atoms with Crippen LogP contribution in [0.5, 0.6) is 5.75 Å². The van der Waals surface area contributed by atoms with Crippen LogP contribution in [0, 0.1) is 12.7 Å². The molecule has 0 aliphatic carbocycles. The number of ether oxygens (including phenoxy) is 1. The number of hydrogen-bond donors (Lipinski definition) is 1. The molecule has 0 bridgehead atoms. The Kier molecular flexibility index (Phi) is 4.57. The van der Waals surface area contributed by atoms with Crippen LogP contribution in [0.25, 0.3) is 11.3 Å². The molecule has 0 radical (unpaired) electrons. The SMILES string of the molecule is Cc1nc(-c2ccc(OCc3ccccc3F)c(C(=O)O)c2)cs1. The number of hydrogen-bond acceptors (Lipinski definition) is 4. The highest BCUT2D eigenvalue weighted by atomic mass is 32.1. The number of carboxylic acids is 1. The first-order valence-corrected chi connectivity index (χ1v) is 8.08. The molecule has 122 valence electrons. The third kappa shape index (κ3) is 3.44. The summed E-state index contributed by atoms with van der Waals surface area (Å²) in [5, 5.41) is 12.2. The van der Waals surface area contributed by atoms with Gasteiger partial charge in [-0.05, 0) is 31.2 Å². The minimum Gasteiger partial charge on any atom is -0.488 e. The molecule has 1 aromatic heterocycles. The van der Waals surface area contributed by atoms with Gasteiger partial charge in [-0.3, -0.25) is 0 Å². The maximum Gasteiger partial charge on any atom is 0.339 e. The maximum atomic E-state index is 13.6. The van der Waals surface area contributed by atoms with Crippen molar-refractivity contribution < 1.29 is 19.0 Å². The summed E-state index contributed by atoms with van der Waals surface area (Å²) in [5.41, 5.74) is 1.82. The first-order valence-electron chi connectivity index (χ1n) is 7.20. The Labute approximate surface area is 142 Å². The summed E-state index contributed by atoms with van der Waals surface area (Å²) < 4.78 is 19.2. The summed E-state index contributed by atoms with van der Waals surface area (Å²) in [4.78, 5) is 15.9. The second kappa shape index (κ2) is 6.80. The third-order valence-corrected chi connectivity index (χ3v) is 4.24. The standard InChI is InChI=1S/C18H14FNO3S/c1-11-20-16(10-24-11)12-6-7-17(14(8-12)18(21)22)23-9-13-4-2-3-5-15(13)19/h2-8,10H,9H2,1H3,(H,21,22). The highest BCUT2D eigenvalue weighted by molar-refractivity contribution is 7.09. The van der Waals surface area contributed by atoms with E-state index in [2.05, 4.69) is 4.98 Å². The fourth-order valence-corrected chi connectivity index (χ4v) is 2.87. The average molecular weight is 343 g/mol. The molecule has 0 aliphatic rings. The zero-order chi connectivity index (χ0) is 17.1. The number of thiazole rings is 1. The van der Waals surface area contributed by atoms with Gasteiger partial charge in [0, 0.05) is 16.5 Å². The van der Waals surface area contributed by atoms with E-state index in [1.54, 1.807) is 30.3 Å². The van der Waals surface area contributed by atoms with Gasteiger partial charge in [0.05, 0.1) is 10.7 Å². The normalized spacial score (nSPS) is 10.6. The first kappa shape index (κ1) is 16.1. The second-order valence-corrected chi connectivity index (χ2v) is 6.21. The molecule has 6 heteroatoms. The Bertz CT molecular complexity index is 891. The summed E-state index contributed by atoms with van der Waals surface area (Å²) in [7, 11) is 0. The van der Waals surface area contributed by atoms with Crippen LogP contribution in [0.3, 0.4) is 0 Å². The molecule has 0 saturated carbocycles. The molecule has 24 heavy (non-hydrogen) atoms. The van der Waals surface area contributed by atoms with Gasteiger partial charge in [0.25, 0.3) is 0 Å². The van der Waals surface area contributed by atoms with Crippen LogP contribution in [-0.4, -0.2) is 16.1 Å². The van der Waals surface area contributed by atoms with Crippen LogP contribution in [0.2, 0.25) is 0 Å². The molecule has 0 saturated heterocycles. The molecular formula is C18H14FNO3S. The molecule has 0 amide bonds.